The van der Waals surface area contributed by atoms with Gasteiger partial charge in [0.05, 0.1) is 17.7 Å². The SMILES string of the molecule is CC(C)Oc1cccc(C(O)CNC(=O)c2ccc3ccccc3n2)c1. The van der Waals surface area contributed by atoms with Crippen LogP contribution in [0.2, 0.25) is 0 Å². The number of amides is 1. The van der Waals surface area contributed by atoms with Crippen LogP contribution in [0.15, 0.2) is 60.7 Å². The van der Waals surface area contributed by atoms with E-state index in [1.165, 1.54) is 0 Å². The van der Waals surface area contributed by atoms with E-state index in [4.69, 9.17) is 4.74 Å². The summed E-state index contributed by atoms with van der Waals surface area (Å²) < 4.78 is 5.63. The van der Waals surface area contributed by atoms with Crippen LogP contribution in [0, 0.1) is 0 Å². The normalized spacial score (nSPS) is 12.2. The number of hydrogen-bond acceptors (Lipinski definition) is 4. The van der Waals surface area contributed by atoms with Gasteiger partial charge < -0.3 is 15.2 Å². The third kappa shape index (κ3) is 4.37. The van der Waals surface area contributed by atoms with Gasteiger partial charge in [-0.3, -0.25) is 4.79 Å². The number of aliphatic hydroxyl groups is 1. The Bertz CT molecular complexity index is 908. The number of pyridine rings is 1. The molecular weight excluding hydrogens is 328 g/mol. The highest BCUT2D eigenvalue weighted by atomic mass is 16.5. The van der Waals surface area contributed by atoms with Gasteiger partial charge >= 0.3 is 0 Å². The summed E-state index contributed by atoms with van der Waals surface area (Å²) in [5, 5.41) is 14.1. The number of carbonyl (C=O) groups excluding carboxylic acids is 1. The Balaban J connectivity index is 1.64. The fraction of sp³-hybridized carbons (Fsp3) is 0.238. The van der Waals surface area contributed by atoms with Gasteiger partial charge in [-0.1, -0.05) is 36.4 Å². The zero-order chi connectivity index (χ0) is 18.5. The molecule has 1 amide bonds. The number of nitrogens with zero attached hydrogens (tertiary/aromatic N) is 1. The lowest BCUT2D eigenvalue weighted by Crippen LogP contribution is -2.29. The van der Waals surface area contributed by atoms with Crippen LogP contribution in [0.1, 0.15) is 36.0 Å². The van der Waals surface area contributed by atoms with Gasteiger partial charge in [-0.2, -0.15) is 0 Å². The molecule has 26 heavy (non-hydrogen) atoms. The average molecular weight is 350 g/mol. The van der Waals surface area contributed by atoms with E-state index in [0.717, 1.165) is 10.9 Å². The molecule has 0 spiro atoms. The molecule has 0 saturated carbocycles. The van der Waals surface area contributed by atoms with E-state index < -0.39 is 6.10 Å². The Hall–Kier alpha value is -2.92. The average Bonchev–Trinajstić information content (AvgIpc) is 2.65. The standard InChI is InChI=1S/C21H22N2O3/c1-14(2)26-17-8-5-7-16(12-17)20(24)13-22-21(25)19-11-10-15-6-3-4-9-18(15)23-19/h3-12,14,20,24H,13H2,1-2H3,(H,22,25). The first-order valence-electron chi connectivity index (χ1n) is 8.61. The predicted molar refractivity (Wildman–Crippen MR) is 101 cm³/mol. The lowest BCUT2D eigenvalue weighted by Gasteiger charge is -2.15. The molecule has 2 N–H and O–H groups in total. The number of benzene rings is 2. The summed E-state index contributed by atoms with van der Waals surface area (Å²) in [7, 11) is 0. The van der Waals surface area contributed by atoms with Gasteiger partial charge in [0, 0.05) is 11.9 Å². The monoisotopic (exact) mass is 350 g/mol. The van der Waals surface area contributed by atoms with Crippen LogP contribution in [0.25, 0.3) is 10.9 Å². The lowest BCUT2D eigenvalue weighted by atomic mass is 10.1. The summed E-state index contributed by atoms with van der Waals surface area (Å²) in [5.74, 6) is 0.378. The zero-order valence-corrected chi connectivity index (χ0v) is 14.8. The van der Waals surface area contributed by atoms with Gasteiger partial charge in [0.25, 0.3) is 5.91 Å². The summed E-state index contributed by atoms with van der Waals surface area (Å²) in [6.07, 6.45) is -0.767. The number of hydrogen-bond donors (Lipinski definition) is 2. The molecule has 2 aromatic carbocycles. The molecule has 3 rings (SSSR count). The molecule has 5 heteroatoms. The van der Waals surface area contributed by atoms with Gasteiger partial charge in [-0.15, -0.1) is 0 Å². The van der Waals surface area contributed by atoms with Crippen molar-refractivity contribution < 1.29 is 14.6 Å². The van der Waals surface area contributed by atoms with Crippen LogP contribution in [-0.2, 0) is 0 Å². The number of nitrogens with one attached hydrogen (secondary N) is 1. The zero-order valence-electron chi connectivity index (χ0n) is 14.8. The van der Waals surface area contributed by atoms with Crippen LogP contribution < -0.4 is 10.1 Å². The maximum atomic E-state index is 12.3. The second kappa shape index (κ2) is 7.97. The largest absolute Gasteiger partial charge is 0.491 e. The molecule has 1 unspecified atom stereocenters. The Labute approximate surface area is 152 Å². The van der Waals surface area contributed by atoms with E-state index in [2.05, 4.69) is 10.3 Å². The first kappa shape index (κ1) is 17.9. The molecule has 134 valence electrons. The molecule has 0 aliphatic rings. The highest BCUT2D eigenvalue weighted by Crippen LogP contribution is 2.20. The van der Waals surface area contributed by atoms with Crippen LogP contribution in [0.5, 0.6) is 5.75 Å². The van der Waals surface area contributed by atoms with Gasteiger partial charge in [0.2, 0.25) is 0 Å². The quantitative estimate of drug-likeness (QED) is 0.714. The molecule has 0 saturated heterocycles. The molecule has 1 heterocycles. The summed E-state index contributed by atoms with van der Waals surface area (Å²) in [4.78, 5) is 16.7. The van der Waals surface area contributed by atoms with Crippen molar-refractivity contribution in [3.05, 3.63) is 71.9 Å². The van der Waals surface area contributed by atoms with E-state index >= 15 is 0 Å². The Morgan fingerprint density at radius 2 is 1.92 bits per heavy atom. The highest BCUT2D eigenvalue weighted by molar-refractivity contribution is 5.94. The van der Waals surface area contributed by atoms with E-state index in [9.17, 15) is 9.90 Å². The maximum absolute atomic E-state index is 12.3. The van der Waals surface area contributed by atoms with Crippen molar-refractivity contribution in [2.24, 2.45) is 0 Å². The van der Waals surface area contributed by atoms with E-state index in [-0.39, 0.29) is 18.6 Å². The third-order valence-electron chi connectivity index (χ3n) is 3.90. The number of fused-ring (bicyclic) bond motifs is 1. The van der Waals surface area contributed by atoms with Crippen LogP contribution >= 0.6 is 0 Å². The molecule has 0 bridgehead atoms. The summed E-state index contributed by atoms with van der Waals surface area (Å²) in [6, 6.07) is 18.4. The minimum Gasteiger partial charge on any atom is -0.491 e. The minimum absolute atomic E-state index is 0.0565. The Morgan fingerprint density at radius 3 is 2.73 bits per heavy atom. The van der Waals surface area contributed by atoms with Crippen LogP contribution in [-0.4, -0.2) is 28.6 Å². The van der Waals surface area contributed by atoms with Crippen molar-refractivity contribution >= 4 is 16.8 Å². The number of ether oxygens (including phenoxy) is 1. The van der Waals surface area contributed by atoms with Crippen molar-refractivity contribution in [3.63, 3.8) is 0 Å². The van der Waals surface area contributed by atoms with Gasteiger partial charge in [-0.25, -0.2) is 4.98 Å². The highest BCUT2D eigenvalue weighted by Gasteiger charge is 2.13. The molecule has 0 aliphatic carbocycles. The molecule has 5 nitrogen and oxygen atoms in total. The van der Waals surface area contributed by atoms with Gasteiger partial charge in [0.1, 0.15) is 11.4 Å². The first-order chi connectivity index (χ1) is 12.5. The van der Waals surface area contributed by atoms with Crippen molar-refractivity contribution in [3.8, 4) is 5.75 Å². The summed E-state index contributed by atoms with van der Waals surface area (Å²) in [6.45, 7) is 3.98. The summed E-state index contributed by atoms with van der Waals surface area (Å²) in [5.41, 5.74) is 1.78. The van der Waals surface area contributed by atoms with Gasteiger partial charge in [0.15, 0.2) is 0 Å². The fourth-order valence-corrected chi connectivity index (χ4v) is 2.66. The van der Waals surface area contributed by atoms with E-state index in [0.29, 0.717) is 17.0 Å². The number of carbonyl (C=O) groups is 1. The topological polar surface area (TPSA) is 71.5 Å². The number of aliphatic hydroxyl groups excluding tert-OH is 1. The van der Waals surface area contributed by atoms with Crippen molar-refractivity contribution in [2.45, 2.75) is 26.1 Å². The maximum Gasteiger partial charge on any atom is 0.270 e. The second-order valence-electron chi connectivity index (χ2n) is 6.35. The predicted octanol–water partition coefficient (Wildman–Crippen LogP) is 3.49. The molecule has 3 aromatic rings. The van der Waals surface area contributed by atoms with Crippen LogP contribution in [0.4, 0.5) is 0 Å². The van der Waals surface area contributed by atoms with Crippen molar-refractivity contribution in [1.82, 2.24) is 10.3 Å². The smallest absolute Gasteiger partial charge is 0.270 e. The molecule has 0 aliphatic heterocycles. The molecule has 0 radical (unpaired) electrons. The number of rotatable bonds is 6. The van der Waals surface area contributed by atoms with Gasteiger partial charge in [-0.05, 0) is 43.7 Å². The number of para-hydroxylation sites is 1. The van der Waals surface area contributed by atoms with E-state index in [1.807, 2.05) is 56.3 Å². The van der Waals surface area contributed by atoms with Crippen molar-refractivity contribution in [2.75, 3.05) is 6.54 Å². The third-order valence-corrected chi connectivity index (χ3v) is 3.90. The molecule has 1 aromatic heterocycles. The van der Waals surface area contributed by atoms with Crippen LogP contribution in [0.3, 0.4) is 0 Å². The minimum atomic E-state index is -0.824. The second-order valence-corrected chi connectivity index (χ2v) is 6.35. The first-order valence-corrected chi connectivity index (χ1v) is 8.61. The molecule has 0 fully saturated rings. The molecular formula is C21H22N2O3. The summed E-state index contributed by atoms with van der Waals surface area (Å²) >= 11 is 0. The van der Waals surface area contributed by atoms with E-state index in [1.54, 1.807) is 18.2 Å². The molecule has 1 atom stereocenters. The lowest BCUT2D eigenvalue weighted by molar-refractivity contribution is 0.0911. The number of aromatic nitrogens is 1. The Morgan fingerprint density at radius 1 is 1.12 bits per heavy atom. The Kier molecular flexibility index (Phi) is 5.49. The van der Waals surface area contributed by atoms with Crippen molar-refractivity contribution in [1.29, 1.82) is 0 Å². The fourth-order valence-electron chi connectivity index (χ4n) is 2.66.